The lowest BCUT2D eigenvalue weighted by Crippen LogP contribution is -2.39. The first kappa shape index (κ1) is 23.0. The molecule has 0 bridgehead atoms. The van der Waals surface area contributed by atoms with Crippen molar-refractivity contribution in [2.45, 2.75) is 6.54 Å². The Kier molecular flexibility index (Phi) is 7.57. The number of anilines is 1. The Labute approximate surface area is 187 Å². The smallest absolute Gasteiger partial charge is 0.322 e. The molecule has 0 heterocycles. The van der Waals surface area contributed by atoms with Crippen LogP contribution in [0.25, 0.3) is 11.1 Å². The van der Waals surface area contributed by atoms with E-state index in [0.29, 0.717) is 30.9 Å². The molecule has 32 heavy (non-hydrogen) atoms. The van der Waals surface area contributed by atoms with Crippen molar-refractivity contribution in [3.05, 3.63) is 89.7 Å². The molecule has 3 rings (SSSR count). The molecule has 3 amide bonds. The molecule has 0 spiro atoms. The molecule has 6 nitrogen and oxygen atoms in total. The summed E-state index contributed by atoms with van der Waals surface area (Å²) in [5, 5.41) is 2.94. The Hall–Kier alpha value is -3.71. The molecule has 0 aliphatic rings. The maximum atomic E-state index is 13.6. The minimum atomic E-state index is -0.478. The number of amides is 3. The molecule has 0 aliphatic carbocycles. The fraction of sp³-hybridized carbons (Fsp3) is 0.200. The zero-order valence-corrected chi connectivity index (χ0v) is 18.2. The van der Waals surface area contributed by atoms with E-state index in [1.54, 1.807) is 29.2 Å². The number of nitrogens with one attached hydrogen (secondary N) is 1. The third-order valence-electron chi connectivity index (χ3n) is 4.98. The number of carbonyl (C=O) groups excluding carboxylic acids is 2. The SMILES string of the molecule is CN(C)CCN(Cc1cccc(F)c1)C(=O)Nc1cccc(-c2ccc(C(N)=O)cc2)c1. The summed E-state index contributed by atoms with van der Waals surface area (Å²) in [7, 11) is 3.87. The van der Waals surface area contributed by atoms with Gasteiger partial charge in [-0.2, -0.15) is 0 Å². The van der Waals surface area contributed by atoms with Crippen molar-refractivity contribution in [1.82, 2.24) is 9.80 Å². The van der Waals surface area contributed by atoms with E-state index < -0.39 is 5.91 Å². The molecule has 0 fully saturated rings. The molecule has 0 aliphatic heterocycles. The molecule has 3 aromatic rings. The van der Waals surface area contributed by atoms with Crippen molar-refractivity contribution in [3.8, 4) is 11.1 Å². The molecule has 7 heteroatoms. The number of nitrogens with two attached hydrogens (primary N) is 1. The van der Waals surface area contributed by atoms with Crippen molar-refractivity contribution < 1.29 is 14.0 Å². The van der Waals surface area contributed by atoms with Crippen molar-refractivity contribution >= 4 is 17.6 Å². The number of nitrogens with zero attached hydrogens (tertiary/aromatic N) is 2. The lowest BCUT2D eigenvalue weighted by molar-refractivity contribution is 0.1000. The van der Waals surface area contributed by atoms with E-state index in [9.17, 15) is 14.0 Å². The van der Waals surface area contributed by atoms with Gasteiger partial charge in [0, 0.05) is 30.9 Å². The highest BCUT2D eigenvalue weighted by Gasteiger charge is 2.15. The summed E-state index contributed by atoms with van der Waals surface area (Å²) < 4.78 is 13.6. The molecule has 0 saturated heterocycles. The fourth-order valence-electron chi connectivity index (χ4n) is 3.23. The second-order valence-corrected chi connectivity index (χ2v) is 7.81. The van der Waals surface area contributed by atoms with Crippen molar-refractivity contribution in [2.75, 3.05) is 32.5 Å². The van der Waals surface area contributed by atoms with Crippen LogP contribution in [0.2, 0.25) is 0 Å². The van der Waals surface area contributed by atoms with Crippen LogP contribution in [0, 0.1) is 5.82 Å². The molecule has 0 unspecified atom stereocenters. The maximum Gasteiger partial charge on any atom is 0.322 e. The van der Waals surface area contributed by atoms with Gasteiger partial charge in [0.2, 0.25) is 5.91 Å². The molecule has 0 aromatic heterocycles. The summed E-state index contributed by atoms with van der Waals surface area (Å²) in [5.41, 5.74) is 8.89. The lowest BCUT2D eigenvalue weighted by atomic mass is 10.0. The number of hydrogen-bond acceptors (Lipinski definition) is 3. The number of primary amides is 1. The van der Waals surface area contributed by atoms with Crippen molar-refractivity contribution in [2.24, 2.45) is 5.73 Å². The minimum absolute atomic E-state index is 0.266. The maximum absolute atomic E-state index is 13.6. The van der Waals surface area contributed by atoms with E-state index in [-0.39, 0.29) is 11.8 Å². The van der Waals surface area contributed by atoms with Crippen LogP contribution in [0.1, 0.15) is 15.9 Å². The molecule has 166 valence electrons. The molecular formula is C25H27FN4O2. The Morgan fingerprint density at radius 1 is 0.906 bits per heavy atom. The van der Waals surface area contributed by atoms with E-state index in [0.717, 1.165) is 16.7 Å². The first-order valence-corrected chi connectivity index (χ1v) is 10.3. The van der Waals surface area contributed by atoms with Gasteiger partial charge in [0.05, 0.1) is 0 Å². The fourth-order valence-corrected chi connectivity index (χ4v) is 3.23. The third-order valence-corrected chi connectivity index (χ3v) is 4.98. The van der Waals surface area contributed by atoms with E-state index in [4.69, 9.17) is 5.73 Å². The van der Waals surface area contributed by atoms with Crippen LogP contribution in [0.5, 0.6) is 0 Å². The standard InChI is InChI=1S/C25H27FN4O2/c1-29(2)13-14-30(17-18-5-3-7-22(26)15-18)25(32)28-23-8-4-6-21(16-23)19-9-11-20(12-10-19)24(27)31/h3-12,15-16H,13-14,17H2,1-2H3,(H2,27,31)(H,28,32). The zero-order chi connectivity index (χ0) is 23.1. The van der Waals surface area contributed by atoms with Gasteiger partial charge in [0.15, 0.2) is 0 Å². The second kappa shape index (κ2) is 10.5. The van der Waals surface area contributed by atoms with Gasteiger partial charge >= 0.3 is 6.03 Å². The Morgan fingerprint density at radius 2 is 1.62 bits per heavy atom. The van der Waals surface area contributed by atoms with Gasteiger partial charge in [0.25, 0.3) is 0 Å². The number of hydrogen-bond donors (Lipinski definition) is 2. The van der Waals surface area contributed by atoms with Gasteiger partial charge in [-0.05, 0) is 67.2 Å². The monoisotopic (exact) mass is 434 g/mol. The van der Waals surface area contributed by atoms with Crippen LogP contribution < -0.4 is 11.1 Å². The summed E-state index contributed by atoms with van der Waals surface area (Å²) >= 11 is 0. The van der Waals surface area contributed by atoms with E-state index in [2.05, 4.69) is 5.32 Å². The van der Waals surface area contributed by atoms with Gasteiger partial charge in [-0.1, -0.05) is 36.4 Å². The molecule has 3 aromatic carbocycles. The van der Waals surface area contributed by atoms with Crippen LogP contribution >= 0.6 is 0 Å². The van der Waals surface area contributed by atoms with Gasteiger partial charge < -0.3 is 20.9 Å². The second-order valence-electron chi connectivity index (χ2n) is 7.81. The third kappa shape index (κ3) is 6.39. The Bertz CT molecular complexity index is 1080. The average Bonchev–Trinajstić information content (AvgIpc) is 2.76. The number of rotatable bonds is 8. The Balaban J connectivity index is 1.76. The van der Waals surface area contributed by atoms with Crippen LogP contribution in [-0.4, -0.2) is 48.9 Å². The topological polar surface area (TPSA) is 78.7 Å². The van der Waals surface area contributed by atoms with Crippen LogP contribution in [0.3, 0.4) is 0 Å². The largest absolute Gasteiger partial charge is 0.366 e. The highest BCUT2D eigenvalue weighted by molar-refractivity contribution is 5.93. The number of urea groups is 1. The van der Waals surface area contributed by atoms with Gasteiger partial charge in [0.1, 0.15) is 5.82 Å². The predicted molar refractivity (Wildman–Crippen MR) is 125 cm³/mol. The molecule has 3 N–H and O–H groups in total. The van der Waals surface area contributed by atoms with Crippen LogP contribution in [-0.2, 0) is 6.54 Å². The van der Waals surface area contributed by atoms with E-state index in [1.807, 2.05) is 55.4 Å². The number of halogens is 1. The van der Waals surface area contributed by atoms with Gasteiger partial charge in [-0.3, -0.25) is 4.79 Å². The van der Waals surface area contributed by atoms with Gasteiger partial charge in [-0.15, -0.1) is 0 Å². The zero-order valence-electron chi connectivity index (χ0n) is 18.2. The summed E-state index contributed by atoms with van der Waals surface area (Å²) in [6, 6.07) is 20.4. The number of likely N-dealkylation sites (N-methyl/N-ethyl adjacent to an activating group) is 1. The summed E-state index contributed by atoms with van der Waals surface area (Å²) in [5.74, 6) is -0.806. The Morgan fingerprint density at radius 3 is 2.28 bits per heavy atom. The average molecular weight is 435 g/mol. The van der Waals surface area contributed by atoms with Crippen molar-refractivity contribution in [3.63, 3.8) is 0 Å². The highest BCUT2D eigenvalue weighted by Crippen LogP contribution is 2.23. The summed E-state index contributed by atoms with van der Waals surface area (Å²) in [6.07, 6.45) is 0. The molecule has 0 radical (unpaired) electrons. The normalized spacial score (nSPS) is 10.8. The van der Waals surface area contributed by atoms with Gasteiger partial charge in [-0.25, -0.2) is 9.18 Å². The van der Waals surface area contributed by atoms with E-state index >= 15 is 0 Å². The van der Waals surface area contributed by atoms with E-state index in [1.165, 1.54) is 12.1 Å². The lowest BCUT2D eigenvalue weighted by Gasteiger charge is -2.25. The van der Waals surface area contributed by atoms with Crippen LogP contribution in [0.4, 0.5) is 14.9 Å². The first-order chi connectivity index (χ1) is 15.3. The van der Waals surface area contributed by atoms with Crippen molar-refractivity contribution in [1.29, 1.82) is 0 Å². The predicted octanol–water partition coefficient (Wildman–Crippen LogP) is 4.19. The number of benzene rings is 3. The molecule has 0 saturated carbocycles. The molecular weight excluding hydrogens is 407 g/mol. The summed E-state index contributed by atoms with van der Waals surface area (Å²) in [6.45, 7) is 1.46. The summed E-state index contributed by atoms with van der Waals surface area (Å²) in [4.78, 5) is 28.0. The quantitative estimate of drug-likeness (QED) is 0.558. The molecule has 0 atom stereocenters. The number of carbonyl (C=O) groups is 2. The van der Waals surface area contributed by atoms with Crippen LogP contribution in [0.15, 0.2) is 72.8 Å². The highest BCUT2D eigenvalue weighted by atomic mass is 19.1. The minimum Gasteiger partial charge on any atom is -0.366 e. The first-order valence-electron chi connectivity index (χ1n) is 10.3.